The number of hydrogen-bond acceptors (Lipinski definition) is 3. The number of hydrogen-bond donors (Lipinski definition) is 2. The third-order valence-electron chi connectivity index (χ3n) is 4.24. The fraction of sp³-hybridized carbons (Fsp3) is 0.765. The summed E-state index contributed by atoms with van der Waals surface area (Å²) < 4.78 is 0. The number of nitrogens with zero attached hydrogens (tertiary/aromatic N) is 2. The van der Waals surface area contributed by atoms with Crippen LogP contribution in [0.3, 0.4) is 0 Å². The van der Waals surface area contributed by atoms with Gasteiger partial charge in [-0.15, -0.1) is 35.3 Å². The molecule has 23 heavy (non-hydrogen) atoms. The molecule has 2 rings (SSSR count). The molecule has 0 radical (unpaired) electrons. The number of guanidine groups is 1. The molecule has 1 saturated carbocycles. The molecule has 6 heteroatoms. The summed E-state index contributed by atoms with van der Waals surface area (Å²) >= 11 is 1.74. The van der Waals surface area contributed by atoms with Gasteiger partial charge in [-0.2, -0.15) is 0 Å². The molecule has 1 aromatic rings. The first-order valence-corrected chi connectivity index (χ1v) is 9.27. The van der Waals surface area contributed by atoms with Crippen LogP contribution in [-0.4, -0.2) is 24.0 Å². The maximum atomic E-state index is 4.66. The Kier molecular flexibility index (Phi) is 8.82. The number of nitrogens with one attached hydrogen (secondary N) is 2. The second-order valence-electron chi connectivity index (χ2n) is 7.02. The Labute approximate surface area is 162 Å². The fourth-order valence-electron chi connectivity index (χ4n) is 3.30. The Morgan fingerprint density at radius 3 is 2.48 bits per heavy atom. The number of aliphatic imine (C=N–C) groups is 1. The second-order valence-corrected chi connectivity index (χ2v) is 7.91. The lowest BCUT2D eigenvalue weighted by Crippen LogP contribution is -2.46. The van der Waals surface area contributed by atoms with Crippen LogP contribution >= 0.6 is 35.3 Å². The lowest BCUT2D eigenvalue weighted by Gasteiger charge is -2.32. The highest BCUT2D eigenvalue weighted by molar-refractivity contribution is 14.0. The first-order chi connectivity index (χ1) is 10.5. The van der Waals surface area contributed by atoms with Gasteiger partial charge in [-0.05, 0) is 31.1 Å². The second kappa shape index (κ2) is 9.81. The summed E-state index contributed by atoms with van der Waals surface area (Å²) in [5.41, 5.74) is 1.10. The standard InChI is InChI=1S/C17H30N4S.HI/c1-11(2)16-20-15(10-22-16)9-19-17(18-5)21-14-7-12(3)6-13(4)8-14;/h10-14H,6-9H2,1-5H3,(H2,18,19,21);1H. The van der Waals surface area contributed by atoms with Gasteiger partial charge >= 0.3 is 0 Å². The number of halogens is 1. The maximum Gasteiger partial charge on any atom is 0.191 e. The highest BCUT2D eigenvalue weighted by Gasteiger charge is 2.24. The summed E-state index contributed by atoms with van der Waals surface area (Å²) in [7, 11) is 1.84. The van der Waals surface area contributed by atoms with Gasteiger partial charge in [0, 0.05) is 24.4 Å². The van der Waals surface area contributed by atoms with Crippen LogP contribution in [0.25, 0.3) is 0 Å². The maximum absolute atomic E-state index is 4.66. The smallest absolute Gasteiger partial charge is 0.191 e. The van der Waals surface area contributed by atoms with Crippen LogP contribution in [0.15, 0.2) is 10.4 Å². The lowest BCUT2D eigenvalue weighted by atomic mass is 9.80. The molecule has 0 aliphatic heterocycles. The minimum Gasteiger partial charge on any atom is -0.354 e. The van der Waals surface area contributed by atoms with E-state index in [4.69, 9.17) is 0 Å². The van der Waals surface area contributed by atoms with Crippen molar-refractivity contribution < 1.29 is 0 Å². The Hall–Kier alpha value is -0.370. The molecule has 1 aromatic heterocycles. The minimum atomic E-state index is 0. The van der Waals surface area contributed by atoms with E-state index in [1.54, 1.807) is 11.3 Å². The zero-order chi connectivity index (χ0) is 16.1. The highest BCUT2D eigenvalue weighted by atomic mass is 127. The van der Waals surface area contributed by atoms with Crippen LogP contribution in [0.4, 0.5) is 0 Å². The lowest BCUT2D eigenvalue weighted by molar-refractivity contribution is 0.255. The van der Waals surface area contributed by atoms with E-state index in [-0.39, 0.29) is 24.0 Å². The molecule has 1 fully saturated rings. The van der Waals surface area contributed by atoms with Gasteiger partial charge in [-0.25, -0.2) is 4.98 Å². The Morgan fingerprint density at radius 1 is 1.30 bits per heavy atom. The number of aromatic nitrogens is 1. The zero-order valence-electron chi connectivity index (χ0n) is 14.9. The van der Waals surface area contributed by atoms with Crippen LogP contribution in [-0.2, 0) is 6.54 Å². The van der Waals surface area contributed by atoms with E-state index in [1.165, 1.54) is 24.3 Å². The Morgan fingerprint density at radius 2 is 1.96 bits per heavy atom. The van der Waals surface area contributed by atoms with Crippen molar-refractivity contribution in [3.05, 3.63) is 16.1 Å². The molecule has 4 nitrogen and oxygen atoms in total. The van der Waals surface area contributed by atoms with Crippen molar-refractivity contribution in [2.45, 2.75) is 65.5 Å². The van der Waals surface area contributed by atoms with Crippen molar-refractivity contribution in [3.8, 4) is 0 Å². The normalized spacial score (nSPS) is 25.1. The Balaban J connectivity index is 0.00000264. The van der Waals surface area contributed by atoms with Gasteiger partial charge < -0.3 is 10.6 Å². The van der Waals surface area contributed by atoms with Crippen LogP contribution in [0, 0.1) is 11.8 Å². The average molecular weight is 450 g/mol. The van der Waals surface area contributed by atoms with Gasteiger partial charge in [-0.3, -0.25) is 4.99 Å². The molecule has 1 heterocycles. The van der Waals surface area contributed by atoms with Crippen molar-refractivity contribution in [1.82, 2.24) is 15.6 Å². The molecule has 2 atom stereocenters. The SMILES string of the molecule is CN=C(NCc1csc(C(C)C)n1)NC1CC(C)CC(C)C1.I. The van der Waals surface area contributed by atoms with Crippen molar-refractivity contribution in [2.75, 3.05) is 7.05 Å². The summed E-state index contributed by atoms with van der Waals surface area (Å²) in [4.78, 5) is 9.02. The van der Waals surface area contributed by atoms with Gasteiger partial charge in [0.15, 0.2) is 5.96 Å². The van der Waals surface area contributed by atoms with E-state index in [9.17, 15) is 0 Å². The summed E-state index contributed by atoms with van der Waals surface area (Å²) in [5, 5.41) is 10.3. The van der Waals surface area contributed by atoms with Gasteiger partial charge in [0.1, 0.15) is 0 Å². The molecule has 132 valence electrons. The molecular formula is C17H31IN4S. The van der Waals surface area contributed by atoms with Crippen molar-refractivity contribution >= 4 is 41.3 Å². The van der Waals surface area contributed by atoms with Gasteiger partial charge in [0.25, 0.3) is 0 Å². The van der Waals surface area contributed by atoms with Crippen LogP contribution in [0.2, 0.25) is 0 Å². The van der Waals surface area contributed by atoms with Crippen molar-refractivity contribution in [2.24, 2.45) is 16.8 Å². The molecule has 0 aromatic carbocycles. The predicted octanol–water partition coefficient (Wildman–Crippen LogP) is 4.37. The van der Waals surface area contributed by atoms with E-state index in [2.05, 4.69) is 53.7 Å². The van der Waals surface area contributed by atoms with E-state index in [0.29, 0.717) is 12.0 Å². The third-order valence-corrected chi connectivity index (χ3v) is 5.44. The van der Waals surface area contributed by atoms with Crippen LogP contribution in [0.5, 0.6) is 0 Å². The van der Waals surface area contributed by atoms with E-state index < -0.39 is 0 Å². The molecule has 1 aliphatic carbocycles. The summed E-state index contributed by atoms with van der Waals surface area (Å²) in [6.07, 6.45) is 3.82. The summed E-state index contributed by atoms with van der Waals surface area (Å²) in [5.74, 6) is 2.99. The van der Waals surface area contributed by atoms with Crippen molar-refractivity contribution in [1.29, 1.82) is 0 Å². The molecule has 1 aliphatic rings. The Bertz CT molecular complexity index is 491. The highest BCUT2D eigenvalue weighted by Crippen LogP contribution is 2.28. The molecule has 0 spiro atoms. The zero-order valence-corrected chi connectivity index (χ0v) is 18.1. The molecule has 0 saturated heterocycles. The molecule has 2 unspecified atom stereocenters. The summed E-state index contributed by atoms with van der Waals surface area (Å²) in [6, 6.07) is 0.534. The van der Waals surface area contributed by atoms with Gasteiger partial charge in [-0.1, -0.05) is 27.7 Å². The summed E-state index contributed by atoms with van der Waals surface area (Å²) in [6.45, 7) is 9.80. The van der Waals surface area contributed by atoms with Crippen LogP contribution in [0.1, 0.15) is 63.6 Å². The quantitative estimate of drug-likeness (QED) is 0.407. The monoisotopic (exact) mass is 450 g/mol. The van der Waals surface area contributed by atoms with Crippen molar-refractivity contribution in [3.63, 3.8) is 0 Å². The van der Waals surface area contributed by atoms with Gasteiger partial charge in [0.05, 0.1) is 17.2 Å². The fourth-order valence-corrected chi connectivity index (χ4v) is 4.13. The molecular weight excluding hydrogens is 419 g/mol. The number of rotatable bonds is 4. The largest absolute Gasteiger partial charge is 0.354 e. The molecule has 0 bridgehead atoms. The van der Waals surface area contributed by atoms with E-state index in [0.717, 1.165) is 30.0 Å². The average Bonchev–Trinajstić information content (AvgIpc) is 2.91. The predicted molar refractivity (Wildman–Crippen MR) is 111 cm³/mol. The molecule has 0 amide bonds. The first-order valence-electron chi connectivity index (χ1n) is 8.39. The first kappa shape index (κ1) is 20.7. The van der Waals surface area contributed by atoms with E-state index >= 15 is 0 Å². The third kappa shape index (κ3) is 6.57. The van der Waals surface area contributed by atoms with Gasteiger partial charge in [0.2, 0.25) is 0 Å². The number of thiazole rings is 1. The molecule has 2 N–H and O–H groups in total. The van der Waals surface area contributed by atoms with E-state index in [1.807, 2.05) is 7.05 Å². The topological polar surface area (TPSA) is 49.3 Å². The van der Waals surface area contributed by atoms with Crippen LogP contribution < -0.4 is 10.6 Å². The minimum absolute atomic E-state index is 0.